The molecule has 0 aliphatic heterocycles. The molecule has 3 rings (SSSR count). The van der Waals surface area contributed by atoms with Crippen molar-refractivity contribution in [1.29, 1.82) is 0 Å². The Hall–Kier alpha value is -1.52. The van der Waals surface area contributed by atoms with Crippen molar-refractivity contribution >= 4 is 38.8 Å². The topological polar surface area (TPSA) is 38.1 Å². The molecule has 0 aliphatic rings. The number of benzene rings is 1. The van der Waals surface area contributed by atoms with Gasteiger partial charge in [-0.2, -0.15) is 0 Å². The van der Waals surface area contributed by atoms with E-state index >= 15 is 0 Å². The summed E-state index contributed by atoms with van der Waals surface area (Å²) in [6.07, 6.45) is 1.69. The lowest BCUT2D eigenvalue weighted by Gasteiger charge is -2.08. The van der Waals surface area contributed by atoms with Gasteiger partial charge in [0, 0.05) is 0 Å². The number of hydrogen-bond donors (Lipinski definition) is 1. The zero-order valence-corrected chi connectivity index (χ0v) is 11.3. The molecule has 0 bridgehead atoms. The molecule has 0 fully saturated rings. The molecule has 0 atom stereocenters. The molecule has 0 unspecified atom stereocenters. The number of furan rings is 1. The van der Waals surface area contributed by atoms with E-state index in [1.54, 1.807) is 17.6 Å². The first-order valence-electron chi connectivity index (χ1n) is 5.54. The number of nitrogens with one attached hydrogen (secondary N) is 1. The van der Waals surface area contributed by atoms with Gasteiger partial charge in [0.05, 0.1) is 33.7 Å². The van der Waals surface area contributed by atoms with E-state index in [0.717, 1.165) is 27.2 Å². The van der Waals surface area contributed by atoms with E-state index in [4.69, 9.17) is 16.0 Å². The van der Waals surface area contributed by atoms with Gasteiger partial charge >= 0.3 is 0 Å². The summed E-state index contributed by atoms with van der Waals surface area (Å²) < 4.78 is 6.52. The van der Waals surface area contributed by atoms with Gasteiger partial charge in [0.1, 0.15) is 11.3 Å². The van der Waals surface area contributed by atoms with Crippen LogP contribution in [0.2, 0.25) is 5.02 Å². The third-order valence-electron chi connectivity index (χ3n) is 2.85. The van der Waals surface area contributed by atoms with Crippen LogP contribution in [0.5, 0.6) is 0 Å². The van der Waals surface area contributed by atoms with Gasteiger partial charge in [-0.05, 0) is 30.7 Å². The van der Waals surface area contributed by atoms with E-state index in [1.807, 2.05) is 30.6 Å². The summed E-state index contributed by atoms with van der Waals surface area (Å²) in [7, 11) is 0. The van der Waals surface area contributed by atoms with Crippen LogP contribution in [0.1, 0.15) is 11.3 Å². The van der Waals surface area contributed by atoms with Gasteiger partial charge in [-0.25, -0.2) is 4.98 Å². The van der Waals surface area contributed by atoms with E-state index in [-0.39, 0.29) is 0 Å². The van der Waals surface area contributed by atoms with Crippen LogP contribution in [-0.4, -0.2) is 4.98 Å². The second-order valence-corrected chi connectivity index (χ2v) is 5.30. The molecule has 3 nitrogen and oxygen atoms in total. The summed E-state index contributed by atoms with van der Waals surface area (Å²) >= 11 is 7.82. The molecule has 1 N–H and O–H groups in total. The number of aryl methyl sites for hydroxylation is 1. The molecule has 2 heterocycles. The van der Waals surface area contributed by atoms with Gasteiger partial charge in [-0.15, -0.1) is 11.3 Å². The van der Waals surface area contributed by atoms with Crippen molar-refractivity contribution < 1.29 is 4.42 Å². The number of anilines is 1. The van der Waals surface area contributed by atoms with Gasteiger partial charge in [0.15, 0.2) is 0 Å². The molecule has 92 valence electrons. The van der Waals surface area contributed by atoms with Gasteiger partial charge in [-0.3, -0.25) is 0 Å². The fraction of sp³-hybridized carbons (Fsp3) is 0.154. The van der Waals surface area contributed by atoms with Gasteiger partial charge in [0.25, 0.3) is 0 Å². The van der Waals surface area contributed by atoms with Crippen LogP contribution < -0.4 is 5.32 Å². The summed E-state index contributed by atoms with van der Waals surface area (Å²) in [5.74, 6) is 0.915. The van der Waals surface area contributed by atoms with Crippen LogP contribution in [0.25, 0.3) is 10.2 Å². The molecule has 0 saturated heterocycles. The number of rotatable bonds is 3. The van der Waals surface area contributed by atoms with E-state index in [1.165, 1.54) is 0 Å². The normalized spacial score (nSPS) is 11.0. The molecule has 2 aromatic heterocycles. The molecular formula is C13H11ClN2OS. The Morgan fingerprint density at radius 3 is 3.06 bits per heavy atom. The highest BCUT2D eigenvalue weighted by molar-refractivity contribution is 7.16. The molecule has 0 amide bonds. The Bertz CT molecular complexity index is 689. The minimum atomic E-state index is 0.606. The lowest BCUT2D eigenvalue weighted by Crippen LogP contribution is -2.00. The summed E-state index contributed by atoms with van der Waals surface area (Å²) in [4.78, 5) is 4.34. The van der Waals surface area contributed by atoms with Crippen LogP contribution in [0.15, 0.2) is 34.4 Å². The molecule has 3 aromatic rings. The summed E-state index contributed by atoms with van der Waals surface area (Å²) in [6, 6.07) is 5.82. The number of hydrogen-bond acceptors (Lipinski definition) is 4. The van der Waals surface area contributed by atoms with Crippen LogP contribution in [-0.2, 0) is 6.54 Å². The first kappa shape index (κ1) is 11.6. The maximum absolute atomic E-state index is 6.21. The Morgan fingerprint density at radius 2 is 2.28 bits per heavy atom. The second kappa shape index (κ2) is 4.63. The molecule has 0 spiro atoms. The van der Waals surface area contributed by atoms with Crippen molar-refractivity contribution in [3.8, 4) is 0 Å². The molecule has 18 heavy (non-hydrogen) atoms. The van der Waals surface area contributed by atoms with Crippen molar-refractivity contribution in [2.24, 2.45) is 0 Å². The van der Waals surface area contributed by atoms with Crippen molar-refractivity contribution in [1.82, 2.24) is 4.98 Å². The minimum Gasteiger partial charge on any atom is -0.467 e. The number of halogens is 1. The van der Waals surface area contributed by atoms with Gasteiger partial charge < -0.3 is 9.73 Å². The van der Waals surface area contributed by atoms with Crippen LogP contribution in [0, 0.1) is 6.92 Å². The molecule has 0 radical (unpaired) electrons. The molecule has 5 heteroatoms. The fourth-order valence-electron chi connectivity index (χ4n) is 1.83. The third kappa shape index (κ3) is 1.98. The number of nitrogens with zero attached hydrogens (tertiary/aromatic N) is 1. The molecular weight excluding hydrogens is 268 g/mol. The Morgan fingerprint density at radius 1 is 1.39 bits per heavy atom. The molecule has 0 saturated carbocycles. The van der Waals surface area contributed by atoms with Crippen LogP contribution in [0.3, 0.4) is 0 Å². The average Bonchev–Trinajstić information content (AvgIpc) is 2.97. The second-order valence-electron chi connectivity index (χ2n) is 4.00. The Labute approximate surface area is 113 Å². The van der Waals surface area contributed by atoms with Crippen molar-refractivity contribution in [2.75, 3.05) is 5.32 Å². The highest BCUT2D eigenvalue weighted by Gasteiger charge is 2.09. The summed E-state index contributed by atoms with van der Waals surface area (Å²) in [6.45, 7) is 2.63. The highest BCUT2D eigenvalue weighted by atomic mass is 35.5. The van der Waals surface area contributed by atoms with E-state index in [0.29, 0.717) is 11.6 Å². The van der Waals surface area contributed by atoms with Crippen LogP contribution in [0.4, 0.5) is 5.69 Å². The summed E-state index contributed by atoms with van der Waals surface area (Å²) in [5, 5.41) is 3.98. The van der Waals surface area contributed by atoms with Crippen molar-refractivity contribution in [3.63, 3.8) is 0 Å². The van der Waals surface area contributed by atoms with E-state index < -0.39 is 0 Å². The minimum absolute atomic E-state index is 0.606. The fourth-order valence-corrected chi connectivity index (χ4v) is 2.73. The zero-order chi connectivity index (χ0) is 12.5. The molecule has 1 aromatic carbocycles. The third-order valence-corrected chi connectivity index (χ3v) is 3.95. The Balaban J connectivity index is 1.92. The maximum atomic E-state index is 6.21. The monoisotopic (exact) mass is 278 g/mol. The number of thiazole rings is 1. The summed E-state index contributed by atoms with van der Waals surface area (Å²) in [5.41, 5.74) is 4.73. The van der Waals surface area contributed by atoms with Crippen molar-refractivity contribution in [2.45, 2.75) is 13.5 Å². The smallest absolute Gasteiger partial charge is 0.125 e. The number of aromatic nitrogens is 1. The van der Waals surface area contributed by atoms with Crippen molar-refractivity contribution in [3.05, 3.63) is 46.3 Å². The standard InChI is InChI=1S/C13H11ClN2OS/c1-8-4-5-17-10(8)6-15-12-9(14)2-3-11-13(12)16-7-18-11/h2-5,7,15H,6H2,1H3. The van der Waals surface area contributed by atoms with E-state index in [9.17, 15) is 0 Å². The predicted octanol–water partition coefficient (Wildman–Crippen LogP) is 4.46. The van der Waals surface area contributed by atoms with Gasteiger partial charge in [-0.1, -0.05) is 11.6 Å². The van der Waals surface area contributed by atoms with Gasteiger partial charge in [0.2, 0.25) is 0 Å². The highest BCUT2D eigenvalue weighted by Crippen LogP contribution is 2.32. The average molecular weight is 279 g/mol. The lowest BCUT2D eigenvalue weighted by atomic mass is 10.2. The SMILES string of the molecule is Cc1ccoc1CNc1c(Cl)ccc2scnc12. The zero-order valence-electron chi connectivity index (χ0n) is 9.74. The maximum Gasteiger partial charge on any atom is 0.125 e. The van der Waals surface area contributed by atoms with E-state index in [2.05, 4.69) is 10.3 Å². The largest absolute Gasteiger partial charge is 0.467 e. The van der Waals surface area contributed by atoms with Crippen LogP contribution >= 0.6 is 22.9 Å². The quantitative estimate of drug-likeness (QED) is 0.768. The Kier molecular flexibility index (Phi) is 2.97. The molecule has 0 aliphatic carbocycles. The first-order chi connectivity index (χ1) is 8.75. The lowest BCUT2D eigenvalue weighted by molar-refractivity contribution is 0.515. The predicted molar refractivity (Wildman–Crippen MR) is 75.4 cm³/mol. The first-order valence-corrected chi connectivity index (χ1v) is 6.80. The number of fused-ring (bicyclic) bond motifs is 1.